The number of aliphatic carboxylic acids is 1. The van der Waals surface area contributed by atoms with Crippen LogP contribution in [0.1, 0.15) is 53.9 Å². The van der Waals surface area contributed by atoms with Crippen molar-refractivity contribution < 1.29 is 9.90 Å². The van der Waals surface area contributed by atoms with Crippen LogP contribution < -0.4 is 0 Å². The van der Waals surface area contributed by atoms with Gasteiger partial charge in [-0.2, -0.15) is 0 Å². The van der Waals surface area contributed by atoms with Gasteiger partial charge in [0.25, 0.3) is 0 Å². The summed E-state index contributed by atoms with van der Waals surface area (Å²) in [5, 5.41) is 9.37. The molecule has 2 nitrogen and oxygen atoms in total. The second-order valence-corrected chi connectivity index (χ2v) is 9.26. The standard InChI is InChI=1S/C14H26O2S2/c1-6-13(4,9-12(2,3)11(15)16)14(5)7-8-17-18-10-14/h6-10H2,1-5H3,(H,15,16). The van der Waals surface area contributed by atoms with E-state index in [0.29, 0.717) is 0 Å². The number of carboxylic acids is 1. The monoisotopic (exact) mass is 290 g/mol. The van der Waals surface area contributed by atoms with Gasteiger partial charge in [0.1, 0.15) is 0 Å². The minimum atomic E-state index is -0.677. The van der Waals surface area contributed by atoms with E-state index >= 15 is 0 Å². The van der Waals surface area contributed by atoms with Crippen LogP contribution in [0.2, 0.25) is 0 Å². The second kappa shape index (κ2) is 5.66. The van der Waals surface area contributed by atoms with Crippen LogP contribution in [0.15, 0.2) is 0 Å². The molecular weight excluding hydrogens is 264 g/mol. The lowest BCUT2D eigenvalue weighted by Crippen LogP contribution is -2.45. The van der Waals surface area contributed by atoms with E-state index in [1.54, 1.807) is 0 Å². The first-order chi connectivity index (χ1) is 8.17. The van der Waals surface area contributed by atoms with Gasteiger partial charge in [-0.3, -0.25) is 4.79 Å². The number of carbonyl (C=O) groups is 1. The maximum atomic E-state index is 11.4. The van der Waals surface area contributed by atoms with Crippen LogP contribution >= 0.6 is 21.6 Å². The topological polar surface area (TPSA) is 37.3 Å². The Balaban J connectivity index is 2.94. The second-order valence-electron chi connectivity index (χ2n) is 6.67. The number of rotatable bonds is 5. The average molecular weight is 290 g/mol. The summed E-state index contributed by atoms with van der Waals surface area (Å²) in [5.74, 6) is 1.64. The molecule has 1 aliphatic rings. The van der Waals surface area contributed by atoms with Gasteiger partial charge in [0, 0.05) is 11.5 Å². The van der Waals surface area contributed by atoms with Crippen molar-refractivity contribution in [3.63, 3.8) is 0 Å². The molecule has 1 fully saturated rings. The molecule has 0 aromatic heterocycles. The average Bonchev–Trinajstić information content (AvgIpc) is 2.29. The fourth-order valence-corrected chi connectivity index (χ4v) is 5.98. The molecule has 18 heavy (non-hydrogen) atoms. The molecule has 0 aromatic rings. The summed E-state index contributed by atoms with van der Waals surface area (Å²) in [5.41, 5.74) is -0.281. The first-order valence-electron chi connectivity index (χ1n) is 6.65. The molecule has 2 atom stereocenters. The van der Waals surface area contributed by atoms with Crippen molar-refractivity contribution in [3.05, 3.63) is 0 Å². The van der Waals surface area contributed by atoms with Gasteiger partial charge in [-0.15, -0.1) is 0 Å². The van der Waals surface area contributed by atoms with Crippen molar-refractivity contribution in [1.82, 2.24) is 0 Å². The van der Waals surface area contributed by atoms with E-state index in [-0.39, 0.29) is 10.8 Å². The van der Waals surface area contributed by atoms with Crippen LogP contribution in [-0.2, 0) is 4.79 Å². The molecule has 1 rings (SSSR count). The Morgan fingerprint density at radius 2 is 1.94 bits per heavy atom. The van der Waals surface area contributed by atoms with Crippen molar-refractivity contribution >= 4 is 27.6 Å². The van der Waals surface area contributed by atoms with Crippen LogP contribution in [0, 0.1) is 16.2 Å². The number of hydrogen-bond acceptors (Lipinski definition) is 3. The first kappa shape index (κ1) is 16.2. The van der Waals surface area contributed by atoms with Crippen LogP contribution in [0.4, 0.5) is 0 Å². The smallest absolute Gasteiger partial charge is 0.309 e. The summed E-state index contributed by atoms with van der Waals surface area (Å²) in [7, 11) is 3.90. The van der Waals surface area contributed by atoms with Crippen molar-refractivity contribution in [2.45, 2.75) is 53.9 Å². The molecule has 0 spiro atoms. The predicted octanol–water partition coefficient (Wildman–Crippen LogP) is 4.70. The molecule has 0 aromatic carbocycles. The molecule has 1 saturated heterocycles. The van der Waals surface area contributed by atoms with E-state index in [1.165, 1.54) is 12.2 Å². The minimum absolute atomic E-state index is 0.100. The Hall–Kier alpha value is 0.170. The molecule has 2 unspecified atom stereocenters. The van der Waals surface area contributed by atoms with Gasteiger partial charge >= 0.3 is 5.97 Å². The van der Waals surface area contributed by atoms with Gasteiger partial charge in [0.05, 0.1) is 5.41 Å². The highest BCUT2D eigenvalue weighted by Crippen LogP contribution is 2.56. The van der Waals surface area contributed by atoms with Crippen molar-refractivity contribution in [3.8, 4) is 0 Å². The molecule has 4 heteroatoms. The summed E-state index contributed by atoms with van der Waals surface area (Å²) in [6.07, 6.45) is 3.00. The van der Waals surface area contributed by atoms with Crippen LogP contribution in [0.25, 0.3) is 0 Å². The molecule has 1 N–H and O–H groups in total. The Bertz CT molecular complexity index is 309. The number of hydrogen-bond donors (Lipinski definition) is 1. The van der Waals surface area contributed by atoms with E-state index in [4.69, 9.17) is 0 Å². The molecule has 1 aliphatic heterocycles. The molecule has 0 bridgehead atoms. The minimum Gasteiger partial charge on any atom is -0.481 e. The van der Waals surface area contributed by atoms with Crippen molar-refractivity contribution in [2.75, 3.05) is 11.5 Å². The summed E-state index contributed by atoms with van der Waals surface area (Å²) in [6.45, 7) is 10.6. The van der Waals surface area contributed by atoms with E-state index in [0.717, 1.165) is 18.6 Å². The van der Waals surface area contributed by atoms with Crippen molar-refractivity contribution in [2.24, 2.45) is 16.2 Å². The lowest BCUT2D eigenvalue weighted by atomic mass is 9.58. The Labute approximate surface area is 119 Å². The van der Waals surface area contributed by atoms with Gasteiger partial charge < -0.3 is 5.11 Å². The summed E-state index contributed by atoms with van der Waals surface area (Å²) < 4.78 is 0. The lowest BCUT2D eigenvalue weighted by molar-refractivity contribution is -0.150. The van der Waals surface area contributed by atoms with Crippen LogP contribution in [0.5, 0.6) is 0 Å². The predicted molar refractivity (Wildman–Crippen MR) is 82.1 cm³/mol. The van der Waals surface area contributed by atoms with Crippen LogP contribution in [0.3, 0.4) is 0 Å². The molecule has 0 radical (unpaired) electrons. The Morgan fingerprint density at radius 3 is 2.33 bits per heavy atom. The molecule has 1 heterocycles. The molecule has 0 amide bonds. The van der Waals surface area contributed by atoms with E-state index < -0.39 is 11.4 Å². The SMILES string of the molecule is CCC(C)(CC(C)(C)C(=O)O)C1(C)CCSSC1. The summed E-state index contributed by atoms with van der Waals surface area (Å²) >= 11 is 0. The van der Waals surface area contributed by atoms with E-state index in [1.807, 2.05) is 35.4 Å². The molecule has 0 saturated carbocycles. The lowest BCUT2D eigenvalue weighted by Gasteiger charge is -2.50. The van der Waals surface area contributed by atoms with Crippen molar-refractivity contribution in [1.29, 1.82) is 0 Å². The Morgan fingerprint density at radius 1 is 1.33 bits per heavy atom. The normalized spacial score (nSPS) is 28.7. The van der Waals surface area contributed by atoms with Gasteiger partial charge in [0.2, 0.25) is 0 Å². The highest BCUT2D eigenvalue weighted by atomic mass is 33.1. The zero-order valence-corrected chi connectivity index (χ0v) is 13.8. The largest absolute Gasteiger partial charge is 0.481 e. The Kier molecular flexibility index (Phi) is 5.10. The third-order valence-electron chi connectivity index (χ3n) is 4.85. The fourth-order valence-electron chi connectivity index (χ4n) is 2.86. The van der Waals surface area contributed by atoms with Crippen LogP contribution in [-0.4, -0.2) is 22.6 Å². The van der Waals surface area contributed by atoms with E-state index in [9.17, 15) is 9.90 Å². The number of carboxylic acid groups (broad SMARTS) is 1. The maximum Gasteiger partial charge on any atom is 0.309 e. The maximum absolute atomic E-state index is 11.4. The summed E-state index contributed by atoms with van der Waals surface area (Å²) in [6, 6.07) is 0. The van der Waals surface area contributed by atoms with Gasteiger partial charge in [-0.05, 0) is 37.5 Å². The highest BCUT2D eigenvalue weighted by molar-refractivity contribution is 8.76. The first-order valence-corrected chi connectivity index (χ1v) is 9.13. The third kappa shape index (κ3) is 3.19. The summed E-state index contributed by atoms with van der Waals surface area (Å²) in [4.78, 5) is 11.4. The molecule has 106 valence electrons. The molecule has 0 aliphatic carbocycles. The zero-order valence-electron chi connectivity index (χ0n) is 12.2. The van der Waals surface area contributed by atoms with Gasteiger partial charge in [0.15, 0.2) is 0 Å². The molecular formula is C14H26O2S2. The van der Waals surface area contributed by atoms with Gasteiger partial charge in [-0.1, -0.05) is 48.8 Å². The quantitative estimate of drug-likeness (QED) is 0.745. The zero-order chi connectivity index (χ0) is 14.0. The third-order valence-corrected chi connectivity index (χ3v) is 7.49. The highest BCUT2D eigenvalue weighted by Gasteiger charge is 2.48. The van der Waals surface area contributed by atoms with E-state index in [2.05, 4.69) is 20.8 Å². The van der Waals surface area contributed by atoms with Gasteiger partial charge in [-0.25, -0.2) is 0 Å². The fraction of sp³-hybridized carbons (Fsp3) is 0.929.